The van der Waals surface area contributed by atoms with Crippen molar-refractivity contribution in [2.24, 2.45) is 7.05 Å². The Morgan fingerprint density at radius 3 is 2.46 bits per heavy atom. The lowest BCUT2D eigenvalue weighted by Crippen LogP contribution is -2.44. The molecule has 5 aliphatic rings. The van der Waals surface area contributed by atoms with Crippen molar-refractivity contribution < 1.29 is 22.8 Å². The average molecular weight is 907 g/mol. The molecule has 15 nitrogen and oxygen atoms in total. The molecule has 2 aromatic carbocycles. The highest BCUT2D eigenvalue weighted by Crippen LogP contribution is 2.58. The summed E-state index contributed by atoms with van der Waals surface area (Å²) >= 11 is 0. The third kappa shape index (κ3) is 6.01. The topological polar surface area (TPSA) is 155 Å². The van der Waals surface area contributed by atoms with Crippen LogP contribution in [0.25, 0.3) is 33.6 Å². The molecule has 67 heavy (non-hydrogen) atoms. The van der Waals surface area contributed by atoms with E-state index in [0.29, 0.717) is 65.5 Å². The highest BCUT2D eigenvalue weighted by atomic mass is 19.1. The molecular formula is C50H48F2N10O5. The number of halogens is 2. The number of carbonyl (C=O) groups is 1. The lowest BCUT2D eigenvalue weighted by atomic mass is 9.84. The lowest BCUT2D eigenvalue weighted by Gasteiger charge is -2.38. The van der Waals surface area contributed by atoms with Crippen LogP contribution in [-0.4, -0.2) is 72.8 Å². The van der Waals surface area contributed by atoms with Crippen molar-refractivity contribution in [3.05, 3.63) is 145 Å². The highest BCUT2D eigenvalue weighted by Gasteiger charge is 2.58. The zero-order valence-corrected chi connectivity index (χ0v) is 37.6. The summed E-state index contributed by atoms with van der Waals surface area (Å²) in [7, 11) is 1.73. The smallest absolute Gasteiger partial charge is 0.376 e. The van der Waals surface area contributed by atoms with Crippen LogP contribution >= 0.6 is 0 Å². The van der Waals surface area contributed by atoms with E-state index in [4.69, 9.17) is 14.4 Å². The molecule has 6 aromatic heterocycles. The minimum absolute atomic E-state index is 0.0601. The maximum atomic E-state index is 16.3. The number of nitrogens with one attached hydrogen (secondary N) is 1. The van der Waals surface area contributed by atoms with E-state index < -0.39 is 34.1 Å². The summed E-state index contributed by atoms with van der Waals surface area (Å²) in [4.78, 5) is 47.8. The van der Waals surface area contributed by atoms with Crippen LogP contribution in [-0.2, 0) is 22.6 Å². The number of rotatable bonds is 8. The van der Waals surface area contributed by atoms with Crippen molar-refractivity contribution in [2.45, 2.75) is 106 Å². The molecule has 1 unspecified atom stereocenters. The number of aromatic nitrogens is 9. The zero-order valence-electron chi connectivity index (χ0n) is 37.6. The molecule has 1 amide bonds. The fraction of sp³-hybridized carbons (Fsp3) is 0.400. The van der Waals surface area contributed by atoms with Gasteiger partial charge in [0.15, 0.2) is 11.6 Å². The standard InChI is InChI=1S/C50H48F2N10O5/c1-27-39-41(55-62(31-7-8-36(51)33(22-31)28-5-6-28)43(39)60-19-18-59(47(60)65)38-10-9-37-35(40(38)52)25-53-57(37)4)49(13-14-49)26-61(27)44(63)34-23-32-21-29(30-12-20-66-48(2,3)24-30)11-17-58(32)42(34)50(15-16-50)45-54-46(64)67-56-45/h7-11,17-19,21-23,25,27-28,30H,5-6,12-16,20,24,26H2,1-4H3,(H,54,56,64)/t27-,30?/m0/s1. The Labute approximate surface area is 381 Å². The summed E-state index contributed by atoms with van der Waals surface area (Å²) in [6.07, 6.45) is 12.9. The molecule has 8 heterocycles. The third-order valence-electron chi connectivity index (χ3n) is 15.5. The van der Waals surface area contributed by atoms with Crippen molar-refractivity contribution in [3.8, 4) is 17.2 Å². The molecule has 342 valence electrons. The number of imidazole rings is 1. The van der Waals surface area contributed by atoms with Crippen LogP contribution in [0.15, 0.2) is 87.4 Å². The first kappa shape index (κ1) is 40.4. The van der Waals surface area contributed by atoms with Crippen LogP contribution in [0, 0.1) is 11.6 Å². The van der Waals surface area contributed by atoms with E-state index in [0.717, 1.165) is 55.4 Å². The molecule has 0 radical (unpaired) electrons. The van der Waals surface area contributed by atoms with Gasteiger partial charge < -0.3 is 14.0 Å². The number of H-pyrrole nitrogens is 1. The molecule has 3 aliphatic carbocycles. The summed E-state index contributed by atoms with van der Waals surface area (Å²) in [5, 5.41) is 14.0. The second-order valence-corrected chi connectivity index (χ2v) is 20.3. The number of pyridine rings is 1. The van der Waals surface area contributed by atoms with Gasteiger partial charge >= 0.3 is 11.4 Å². The molecule has 0 bridgehead atoms. The molecular weight excluding hydrogens is 859 g/mol. The Hall–Kier alpha value is -6.88. The van der Waals surface area contributed by atoms with Gasteiger partial charge in [-0.15, -0.1) is 0 Å². The van der Waals surface area contributed by atoms with Gasteiger partial charge in [-0.2, -0.15) is 10.2 Å². The van der Waals surface area contributed by atoms with Gasteiger partial charge in [0, 0.05) is 61.0 Å². The number of aryl methyl sites for hydroxylation is 1. The quantitative estimate of drug-likeness (QED) is 0.162. The van der Waals surface area contributed by atoms with E-state index in [1.807, 2.05) is 30.2 Å². The van der Waals surface area contributed by atoms with E-state index >= 15 is 13.6 Å². The van der Waals surface area contributed by atoms with E-state index in [-0.39, 0.29) is 40.2 Å². The monoisotopic (exact) mass is 906 g/mol. The molecule has 1 saturated heterocycles. The Balaban J connectivity index is 0.976. The van der Waals surface area contributed by atoms with Crippen LogP contribution in [0.3, 0.4) is 0 Å². The maximum Gasteiger partial charge on any atom is 0.438 e. The van der Waals surface area contributed by atoms with E-state index in [1.54, 1.807) is 40.8 Å². The van der Waals surface area contributed by atoms with Gasteiger partial charge in [0.1, 0.15) is 11.6 Å². The number of hydrogen-bond donors (Lipinski definition) is 1. The van der Waals surface area contributed by atoms with Crippen LogP contribution in [0.2, 0.25) is 0 Å². The predicted molar refractivity (Wildman–Crippen MR) is 242 cm³/mol. The molecule has 2 aliphatic heterocycles. The molecule has 13 rings (SSSR count). The number of ether oxygens (including phenoxy) is 1. The fourth-order valence-corrected chi connectivity index (χ4v) is 11.5. The zero-order chi connectivity index (χ0) is 45.9. The Morgan fingerprint density at radius 2 is 1.73 bits per heavy atom. The summed E-state index contributed by atoms with van der Waals surface area (Å²) < 4.78 is 50.8. The van der Waals surface area contributed by atoms with E-state index in [2.05, 4.69) is 45.6 Å². The minimum atomic E-state index is -0.768. The van der Waals surface area contributed by atoms with Gasteiger partial charge in [-0.1, -0.05) is 5.16 Å². The summed E-state index contributed by atoms with van der Waals surface area (Å²) in [6.45, 7) is 7.23. The Kier molecular flexibility index (Phi) is 8.35. The average Bonchev–Trinajstić information content (AvgIpc) is 4.26. The number of nitrogens with zero attached hydrogens (tertiary/aromatic N) is 9. The number of aromatic amines is 1. The summed E-state index contributed by atoms with van der Waals surface area (Å²) in [6, 6.07) is 13.9. The SMILES string of the molecule is C[C@H]1c2c(nn(-c3ccc(F)c(C4CC4)c3)c2-n2ccn(-c3ccc4c(cnn4C)c3F)c2=O)C2(CC2)CN1C(=O)c1cc2cc(C3CCOC(C)(C)C3)ccn2c1C1(c2noc(=O)[nH]2)CC1. The molecule has 17 heteroatoms. The van der Waals surface area contributed by atoms with E-state index in [1.165, 1.54) is 33.2 Å². The van der Waals surface area contributed by atoms with Crippen molar-refractivity contribution in [2.75, 3.05) is 13.2 Å². The fourth-order valence-electron chi connectivity index (χ4n) is 11.5. The summed E-state index contributed by atoms with van der Waals surface area (Å²) in [5.41, 5.74) is 4.44. The first-order chi connectivity index (χ1) is 32.2. The molecule has 8 aromatic rings. The second-order valence-electron chi connectivity index (χ2n) is 20.3. The minimum Gasteiger partial charge on any atom is -0.376 e. The highest BCUT2D eigenvalue weighted by molar-refractivity contribution is 5.99. The molecule has 3 saturated carbocycles. The van der Waals surface area contributed by atoms with Crippen molar-refractivity contribution >= 4 is 22.3 Å². The maximum absolute atomic E-state index is 16.3. The van der Waals surface area contributed by atoms with Gasteiger partial charge in [0.05, 0.1) is 56.8 Å². The van der Waals surface area contributed by atoms with E-state index in [9.17, 15) is 9.59 Å². The normalized spacial score (nSPS) is 21.4. The largest absolute Gasteiger partial charge is 0.438 e. The summed E-state index contributed by atoms with van der Waals surface area (Å²) in [5.74, 6) is -0.593. The van der Waals surface area contributed by atoms with Crippen molar-refractivity contribution in [1.29, 1.82) is 0 Å². The second kappa shape index (κ2) is 13.8. The Morgan fingerprint density at radius 1 is 0.925 bits per heavy atom. The van der Waals surface area contributed by atoms with Gasteiger partial charge in [0.25, 0.3) is 5.91 Å². The van der Waals surface area contributed by atoms with Gasteiger partial charge in [-0.25, -0.2) is 23.1 Å². The first-order valence-electron chi connectivity index (χ1n) is 23.3. The number of benzene rings is 2. The Bertz CT molecular complexity index is 3520. The van der Waals surface area contributed by atoms with Crippen LogP contribution in [0.4, 0.5) is 8.78 Å². The number of fused-ring (bicyclic) bond motifs is 4. The third-order valence-corrected chi connectivity index (χ3v) is 15.5. The molecule has 2 atom stereocenters. The number of carbonyl (C=O) groups excluding carboxylic acids is 1. The van der Waals surface area contributed by atoms with Gasteiger partial charge in [0.2, 0.25) is 0 Å². The predicted octanol–water partition coefficient (Wildman–Crippen LogP) is 7.79. The van der Waals surface area contributed by atoms with Crippen molar-refractivity contribution in [3.63, 3.8) is 0 Å². The molecule has 1 spiro atoms. The first-order valence-corrected chi connectivity index (χ1v) is 23.3. The van der Waals surface area contributed by atoms with Crippen LogP contribution in [0.5, 0.6) is 0 Å². The number of hydrogen-bond acceptors (Lipinski definition) is 8. The van der Waals surface area contributed by atoms with Gasteiger partial charge in [-0.05, 0) is 144 Å². The molecule has 1 N–H and O–H groups in total. The van der Waals surface area contributed by atoms with Crippen molar-refractivity contribution in [1.82, 2.24) is 48.1 Å². The molecule has 4 fully saturated rings. The lowest BCUT2D eigenvalue weighted by molar-refractivity contribution is -0.0593. The van der Waals surface area contributed by atoms with Crippen LogP contribution in [0.1, 0.15) is 134 Å². The van der Waals surface area contributed by atoms with Gasteiger partial charge in [-0.3, -0.25) is 28.1 Å². The van der Waals surface area contributed by atoms with Crippen LogP contribution < -0.4 is 11.4 Å². The number of amides is 1.